The van der Waals surface area contributed by atoms with Crippen LogP contribution in [0.5, 0.6) is 0 Å². The molecule has 3 aromatic heterocycles. The van der Waals surface area contributed by atoms with Gasteiger partial charge in [-0.2, -0.15) is 13.2 Å². The molecule has 0 fully saturated rings. The van der Waals surface area contributed by atoms with Gasteiger partial charge in [0.1, 0.15) is 18.2 Å². The molecule has 12 heteroatoms. The smallest absolute Gasteiger partial charge is 0.372 e. The molecular weight excluding hydrogens is 463 g/mol. The minimum Gasteiger partial charge on any atom is -0.372 e. The van der Waals surface area contributed by atoms with E-state index in [1.807, 2.05) is 19.2 Å². The first-order valence-corrected chi connectivity index (χ1v) is 11.0. The van der Waals surface area contributed by atoms with E-state index < -0.39 is 24.7 Å². The molecule has 5 N–H and O–H groups in total. The number of hydrogen-bond acceptors (Lipinski definition) is 5. The lowest BCUT2D eigenvalue weighted by Crippen LogP contribution is -2.46. The highest BCUT2D eigenvalue weighted by atomic mass is 19.4. The summed E-state index contributed by atoms with van der Waals surface area (Å²) in [5, 5.41) is 11.1. The van der Waals surface area contributed by atoms with E-state index in [0.29, 0.717) is 22.6 Å². The summed E-state index contributed by atoms with van der Waals surface area (Å²) in [6, 6.07) is 2.24. The second-order valence-electron chi connectivity index (χ2n) is 8.74. The molecule has 0 aliphatic rings. The molecule has 35 heavy (non-hydrogen) atoms. The number of anilines is 2. The first-order chi connectivity index (χ1) is 16.4. The van der Waals surface area contributed by atoms with Gasteiger partial charge >= 0.3 is 12.2 Å². The van der Waals surface area contributed by atoms with Crippen molar-refractivity contribution in [2.75, 3.05) is 17.2 Å². The number of nitrogens with zero attached hydrogens (tertiary/aromatic N) is 2. The number of carbonyl (C=O) groups excluding carboxylic acids is 2. The lowest BCUT2D eigenvalue weighted by molar-refractivity contribution is -0.139. The molecule has 9 nitrogen and oxygen atoms in total. The lowest BCUT2D eigenvalue weighted by Gasteiger charge is -2.23. The van der Waals surface area contributed by atoms with Crippen LogP contribution in [0, 0.1) is 5.92 Å². The van der Waals surface area contributed by atoms with Gasteiger partial charge in [0.25, 0.3) is 0 Å². The fourth-order valence-electron chi connectivity index (χ4n) is 3.42. The van der Waals surface area contributed by atoms with E-state index in [4.69, 9.17) is 0 Å². The Labute approximate surface area is 200 Å². The van der Waals surface area contributed by atoms with Crippen LogP contribution in [0.2, 0.25) is 0 Å². The van der Waals surface area contributed by atoms with Gasteiger partial charge in [-0.25, -0.2) is 9.78 Å². The number of halogens is 3. The van der Waals surface area contributed by atoms with Crippen LogP contribution in [0.4, 0.5) is 29.3 Å². The number of alkyl halides is 3. The molecule has 1 atom stereocenters. The third-order valence-electron chi connectivity index (χ3n) is 4.99. The number of fused-ring (bicyclic) bond motifs is 1. The zero-order valence-electron chi connectivity index (χ0n) is 19.7. The van der Waals surface area contributed by atoms with E-state index in [1.54, 1.807) is 38.4 Å². The average Bonchev–Trinajstić information content (AvgIpc) is 3.18. The SMILES string of the molecule is CC(C)NC(=O)Nc1cnc2[nH]cc(-c3cncc(N[C@H](C(=O)NCC(F)(F)F)C(C)C)c3)c2c1. The second-order valence-corrected chi connectivity index (χ2v) is 8.74. The van der Waals surface area contributed by atoms with Crippen LogP contribution in [-0.4, -0.2) is 51.7 Å². The van der Waals surface area contributed by atoms with Gasteiger partial charge in [0.2, 0.25) is 5.91 Å². The lowest BCUT2D eigenvalue weighted by atomic mass is 10.0. The van der Waals surface area contributed by atoms with Crippen molar-refractivity contribution in [2.24, 2.45) is 5.92 Å². The molecule has 0 aliphatic heterocycles. The Hall–Kier alpha value is -3.83. The van der Waals surface area contributed by atoms with Gasteiger partial charge in [0.05, 0.1) is 17.6 Å². The van der Waals surface area contributed by atoms with E-state index in [-0.39, 0.29) is 18.0 Å². The quantitative estimate of drug-likeness (QED) is 0.322. The highest BCUT2D eigenvalue weighted by molar-refractivity contribution is 5.98. The first kappa shape index (κ1) is 25.8. The molecule has 0 radical (unpaired) electrons. The van der Waals surface area contributed by atoms with E-state index >= 15 is 0 Å². The van der Waals surface area contributed by atoms with Crippen molar-refractivity contribution in [3.05, 3.63) is 36.9 Å². The Morgan fingerprint density at radius 3 is 2.46 bits per heavy atom. The number of nitrogens with one attached hydrogen (secondary N) is 5. The van der Waals surface area contributed by atoms with Gasteiger partial charge in [-0.05, 0) is 31.9 Å². The van der Waals surface area contributed by atoms with E-state index in [9.17, 15) is 22.8 Å². The van der Waals surface area contributed by atoms with E-state index in [2.05, 4.69) is 30.9 Å². The summed E-state index contributed by atoms with van der Waals surface area (Å²) in [7, 11) is 0. The number of aromatic amines is 1. The predicted molar refractivity (Wildman–Crippen MR) is 128 cm³/mol. The normalized spacial score (nSPS) is 12.6. The van der Waals surface area contributed by atoms with Crippen LogP contribution in [0.25, 0.3) is 22.2 Å². The molecule has 0 bridgehead atoms. The maximum Gasteiger partial charge on any atom is 0.405 e. The van der Waals surface area contributed by atoms with Crippen LogP contribution >= 0.6 is 0 Å². The molecule has 0 unspecified atom stereocenters. The van der Waals surface area contributed by atoms with E-state index in [1.165, 1.54) is 12.4 Å². The summed E-state index contributed by atoms with van der Waals surface area (Å²) >= 11 is 0. The number of amides is 3. The Morgan fingerprint density at radius 1 is 1.06 bits per heavy atom. The van der Waals surface area contributed by atoms with E-state index in [0.717, 1.165) is 10.9 Å². The number of urea groups is 1. The molecular formula is C23H28F3N7O2. The summed E-state index contributed by atoms with van der Waals surface area (Å²) in [6.07, 6.45) is 1.89. The number of hydrogen-bond donors (Lipinski definition) is 5. The second kappa shape index (κ2) is 10.6. The molecule has 3 aromatic rings. The van der Waals surface area contributed by atoms with Crippen LogP contribution in [0.15, 0.2) is 36.9 Å². The maximum absolute atomic E-state index is 12.5. The fraction of sp³-hybridized carbons (Fsp3) is 0.391. The highest BCUT2D eigenvalue weighted by Crippen LogP contribution is 2.30. The van der Waals surface area contributed by atoms with Crippen LogP contribution in [-0.2, 0) is 4.79 Å². The van der Waals surface area contributed by atoms with Gasteiger partial charge in [-0.3, -0.25) is 9.78 Å². The highest BCUT2D eigenvalue weighted by Gasteiger charge is 2.30. The number of rotatable bonds is 8. The van der Waals surface area contributed by atoms with Gasteiger partial charge < -0.3 is 26.3 Å². The summed E-state index contributed by atoms with van der Waals surface area (Å²) in [6.45, 7) is 5.77. The Balaban J connectivity index is 1.83. The van der Waals surface area contributed by atoms with Crippen molar-refractivity contribution < 1.29 is 22.8 Å². The summed E-state index contributed by atoms with van der Waals surface area (Å²) in [5.74, 6) is -1.04. The molecule has 0 spiro atoms. The molecule has 188 valence electrons. The Morgan fingerprint density at radius 2 is 1.80 bits per heavy atom. The van der Waals surface area contributed by atoms with Crippen molar-refractivity contribution in [1.29, 1.82) is 0 Å². The summed E-state index contributed by atoms with van der Waals surface area (Å²) in [4.78, 5) is 36.0. The number of H-pyrrole nitrogens is 1. The van der Waals surface area contributed by atoms with Crippen molar-refractivity contribution in [3.63, 3.8) is 0 Å². The largest absolute Gasteiger partial charge is 0.405 e. The van der Waals surface area contributed by atoms with Crippen molar-refractivity contribution in [2.45, 2.75) is 46.0 Å². The van der Waals surface area contributed by atoms with Crippen LogP contribution in [0.3, 0.4) is 0 Å². The monoisotopic (exact) mass is 491 g/mol. The number of carbonyl (C=O) groups is 2. The molecule has 0 aromatic carbocycles. The van der Waals surface area contributed by atoms with Gasteiger partial charge in [-0.15, -0.1) is 0 Å². The third-order valence-corrected chi connectivity index (χ3v) is 4.99. The average molecular weight is 492 g/mol. The topological polar surface area (TPSA) is 124 Å². The fourth-order valence-corrected chi connectivity index (χ4v) is 3.42. The molecule has 3 rings (SSSR count). The van der Waals surface area contributed by atoms with Gasteiger partial charge in [-0.1, -0.05) is 13.8 Å². The van der Waals surface area contributed by atoms with Crippen molar-refractivity contribution >= 4 is 34.3 Å². The predicted octanol–water partition coefficient (Wildman–Crippen LogP) is 4.27. The minimum absolute atomic E-state index is 0.0268. The van der Waals surface area contributed by atoms with Gasteiger partial charge in [0.15, 0.2) is 0 Å². The standard InChI is InChI=1S/C23H28F3N7O2/c1-12(2)19(21(34)30-11-23(24,25)26)32-15-5-14(7-27-8-15)18-10-29-20-17(18)6-16(9-28-20)33-22(35)31-13(3)4/h5-10,12-13,19,32H,11H2,1-4H3,(H,28,29)(H,30,34)(H2,31,33,35)/t19-/m0/s1. The zero-order chi connectivity index (χ0) is 25.8. The van der Waals surface area contributed by atoms with Crippen LogP contribution < -0.4 is 21.3 Å². The van der Waals surface area contributed by atoms with Crippen molar-refractivity contribution in [3.8, 4) is 11.1 Å². The zero-order valence-corrected chi connectivity index (χ0v) is 19.7. The first-order valence-electron chi connectivity index (χ1n) is 11.0. The molecule has 0 aliphatic carbocycles. The molecule has 0 saturated heterocycles. The van der Waals surface area contributed by atoms with Gasteiger partial charge in [0, 0.05) is 41.1 Å². The minimum atomic E-state index is -4.49. The number of aromatic nitrogens is 3. The van der Waals surface area contributed by atoms with Crippen LogP contribution in [0.1, 0.15) is 27.7 Å². The summed E-state index contributed by atoms with van der Waals surface area (Å²) < 4.78 is 37.6. The molecule has 0 saturated carbocycles. The Kier molecular flexibility index (Phi) is 7.82. The Bertz CT molecular complexity index is 1190. The third kappa shape index (κ3) is 7.08. The number of pyridine rings is 2. The van der Waals surface area contributed by atoms with Crippen molar-refractivity contribution in [1.82, 2.24) is 25.6 Å². The summed E-state index contributed by atoms with van der Waals surface area (Å²) in [5.41, 5.74) is 3.00. The maximum atomic E-state index is 12.5. The molecule has 3 heterocycles. The molecule has 3 amide bonds.